The van der Waals surface area contributed by atoms with E-state index in [1.54, 1.807) is 35.9 Å². The molecule has 0 spiro atoms. The number of hydrogen-bond donors (Lipinski definition) is 3. The molecule has 0 atom stereocenters. The minimum absolute atomic E-state index is 0.389. The Morgan fingerprint density at radius 2 is 1.74 bits per heavy atom. The molecular weight excluding hydrogens is 620 g/mol. The Labute approximate surface area is 277 Å². The van der Waals surface area contributed by atoms with Crippen LogP contribution < -0.4 is 15.4 Å². The lowest BCUT2D eigenvalue weighted by molar-refractivity contribution is 0.101. The Bertz CT molecular complexity index is 1750. The number of anilines is 3. The van der Waals surface area contributed by atoms with Gasteiger partial charge in [0.2, 0.25) is 5.95 Å². The Balaban J connectivity index is 0.000000912. The molecule has 0 radical (unpaired) electrons. The number of ether oxygens (including phenoxy) is 1. The molecule has 0 saturated heterocycles. The van der Waals surface area contributed by atoms with Crippen molar-refractivity contribution in [2.75, 3.05) is 37.9 Å². The number of nitrogens with one attached hydrogen (secondary N) is 2. The van der Waals surface area contributed by atoms with Crippen LogP contribution in [0.3, 0.4) is 0 Å². The Hall–Kier alpha value is -5.00. The number of aliphatic hydroxyl groups is 1. The highest BCUT2D eigenvalue weighted by Crippen LogP contribution is 2.36. The number of thioether (sulfide) groups is 1. The minimum atomic E-state index is -0.929. The number of aliphatic hydroxyl groups excluding tert-OH is 1. The summed E-state index contributed by atoms with van der Waals surface area (Å²) >= 11 is 1.40. The highest BCUT2D eigenvalue weighted by Gasteiger charge is 2.18. The van der Waals surface area contributed by atoms with E-state index in [1.165, 1.54) is 29.7 Å². The van der Waals surface area contributed by atoms with Crippen LogP contribution in [0.4, 0.5) is 26.1 Å². The number of carbonyl (C=O) groups is 1. The van der Waals surface area contributed by atoms with E-state index in [0.29, 0.717) is 23.9 Å². The first-order chi connectivity index (χ1) is 22.7. The molecule has 8 nitrogen and oxygen atoms in total. The zero-order valence-electron chi connectivity index (χ0n) is 26.5. The molecule has 1 saturated carbocycles. The van der Waals surface area contributed by atoms with Crippen molar-refractivity contribution >= 4 is 45.5 Å². The van der Waals surface area contributed by atoms with E-state index in [2.05, 4.69) is 27.1 Å². The zero-order valence-corrected chi connectivity index (χ0v) is 27.3. The van der Waals surface area contributed by atoms with E-state index in [1.807, 2.05) is 51.4 Å². The van der Waals surface area contributed by atoms with Crippen molar-refractivity contribution in [2.24, 2.45) is 0 Å². The van der Waals surface area contributed by atoms with Crippen molar-refractivity contribution in [2.45, 2.75) is 19.8 Å². The molecule has 11 heteroatoms. The van der Waals surface area contributed by atoms with Gasteiger partial charge in [0.05, 0.1) is 12.0 Å². The Kier molecular flexibility index (Phi) is 12.7. The molecule has 1 aliphatic rings. The maximum absolute atomic E-state index is 14.1. The molecule has 4 aromatic rings. The maximum atomic E-state index is 14.1. The van der Waals surface area contributed by atoms with Crippen molar-refractivity contribution in [1.29, 1.82) is 0 Å². The number of likely N-dealkylation sites (N-methyl/N-ethyl adjacent to an activating group) is 1. The molecule has 0 unspecified atom stereocenters. The lowest BCUT2D eigenvalue weighted by Crippen LogP contribution is -2.19. The van der Waals surface area contributed by atoms with Gasteiger partial charge in [-0.25, -0.2) is 18.7 Å². The summed E-state index contributed by atoms with van der Waals surface area (Å²) in [6.07, 6.45) is 5.10. The standard InChI is InChI=1S/C32H31F2N5O2S.C4H6O/c1-5-42-30(21(2)22-9-6-10-23(19-22)36-31(40)29-26(33)13-8-14-27(29)34)28-15-16-35-32(38-28)37-24-11-7-12-25(20-24)41-18-17-39(3)4;5-3-4-1-2-4/h5-16,19-20H,1,17-18H2,2-4H3,(H,36,40)(H,35,37,38);3,5H,1-2H2/b30-21+;. The van der Waals surface area contributed by atoms with Crippen molar-refractivity contribution in [1.82, 2.24) is 14.9 Å². The van der Waals surface area contributed by atoms with Gasteiger partial charge in [0.15, 0.2) is 0 Å². The van der Waals surface area contributed by atoms with Gasteiger partial charge in [-0.3, -0.25) is 4.79 Å². The second-order valence-corrected chi connectivity index (χ2v) is 11.7. The molecule has 1 amide bonds. The highest BCUT2D eigenvalue weighted by atomic mass is 32.2. The predicted octanol–water partition coefficient (Wildman–Crippen LogP) is 8.68. The average molecular weight is 658 g/mol. The molecule has 5 rings (SSSR count). The van der Waals surface area contributed by atoms with Gasteiger partial charge in [-0.05, 0) is 98.4 Å². The Morgan fingerprint density at radius 3 is 2.40 bits per heavy atom. The molecule has 1 heterocycles. The number of rotatable bonds is 12. The van der Waals surface area contributed by atoms with Crippen LogP contribution in [-0.2, 0) is 0 Å². The van der Waals surface area contributed by atoms with Gasteiger partial charge >= 0.3 is 0 Å². The number of aromatic nitrogens is 2. The van der Waals surface area contributed by atoms with E-state index < -0.39 is 23.1 Å². The normalized spacial score (nSPS) is 12.3. The first-order valence-corrected chi connectivity index (χ1v) is 15.7. The maximum Gasteiger partial charge on any atom is 0.261 e. The number of nitrogens with zero attached hydrogens (tertiary/aromatic N) is 3. The number of benzene rings is 3. The SMILES string of the molecule is C=CS/C(=C(\C)c1cccc(NC(=O)c2c(F)cccc2F)c1)c1ccnc(Nc2cccc(OCCN(C)C)c2)n1.OC=C1CC1. The molecule has 0 bridgehead atoms. The van der Waals surface area contributed by atoms with Crippen molar-refractivity contribution < 1.29 is 23.4 Å². The van der Waals surface area contributed by atoms with Crippen LogP contribution in [0.5, 0.6) is 5.75 Å². The van der Waals surface area contributed by atoms with E-state index in [0.717, 1.165) is 59.0 Å². The van der Waals surface area contributed by atoms with E-state index >= 15 is 0 Å². The van der Waals surface area contributed by atoms with Crippen LogP contribution in [0, 0.1) is 11.6 Å². The van der Waals surface area contributed by atoms with E-state index in [-0.39, 0.29) is 0 Å². The molecule has 1 aromatic heterocycles. The van der Waals surface area contributed by atoms with E-state index in [9.17, 15) is 13.6 Å². The Morgan fingerprint density at radius 1 is 1.04 bits per heavy atom. The third-order valence-corrected chi connectivity index (χ3v) is 7.71. The average Bonchev–Trinajstić information content (AvgIpc) is 3.89. The summed E-state index contributed by atoms with van der Waals surface area (Å²) in [5, 5.41) is 15.6. The van der Waals surface area contributed by atoms with Gasteiger partial charge in [0.25, 0.3) is 5.91 Å². The van der Waals surface area contributed by atoms with Gasteiger partial charge in [-0.1, -0.05) is 42.6 Å². The first-order valence-electron chi connectivity index (χ1n) is 14.8. The lowest BCUT2D eigenvalue weighted by Gasteiger charge is -2.14. The van der Waals surface area contributed by atoms with Crippen LogP contribution >= 0.6 is 11.8 Å². The topological polar surface area (TPSA) is 99.6 Å². The van der Waals surface area contributed by atoms with Gasteiger partial charge in [-0.15, -0.1) is 0 Å². The second kappa shape index (κ2) is 17.1. The summed E-state index contributed by atoms with van der Waals surface area (Å²) in [4.78, 5) is 24.6. The molecule has 244 valence electrons. The highest BCUT2D eigenvalue weighted by molar-refractivity contribution is 8.11. The summed E-state index contributed by atoms with van der Waals surface area (Å²) in [5.74, 6) is -1.59. The third-order valence-electron chi connectivity index (χ3n) is 6.79. The fourth-order valence-corrected chi connectivity index (χ4v) is 4.88. The fraction of sp³-hybridized carbons (Fsp3) is 0.194. The summed E-state index contributed by atoms with van der Waals surface area (Å²) in [5.41, 5.74) is 4.02. The molecule has 47 heavy (non-hydrogen) atoms. The molecule has 1 aliphatic carbocycles. The molecule has 3 aromatic carbocycles. The molecule has 1 fully saturated rings. The number of hydrogen-bond acceptors (Lipinski definition) is 8. The first kappa shape index (κ1) is 34.9. The lowest BCUT2D eigenvalue weighted by atomic mass is 10.0. The summed E-state index contributed by atoms with van der Waals surface area (Å²) in [7, 11) is 3.98. The number of amides is 1. The quantitative estimate of drug-likeness (QED) is 0.130. The van der Waals surface area contributed by atoms with Crippen LogP contribution in [0.15, 0.2) is 103 Å². The van der Waals surface area contributed by atoms with Crippen molar-refractivity contribution in [3.05, 3.63) is 131 Å². The predicted molar refractivity (Wildman–Crippen MR) is 187 cm³/mol. The monoisotopic (exact) mass is 657 g/mol. The molecular formula is C36H37F2N5O3S. The van der Waals surface area contributed by atoms with Crippen molar-refractivity contribution in [3.63, 3.8) is 0 Å². The summed E-state index contributed by atoms with van der Waals surface area (Å²) in [6.45, 7) is 7.16. The number of carbonyl (C=O) groups excluding carboxylic acids is 1. The van der Waals surface area contributed by atoms with Gasteiger partial charge in [0, 0.05) is 35.1 Å². The van der Waals surface area contributed by atoms with Crippen LogP contribution in [0.1, 0.15) is 41.4 Å². The smallest absolute Gasteiger partial charge is 0.261 e. The zero-order chi connectivity index (χ0) is 33.8. The van der Waals surface area contributed by atoms with Gasteiger partial charge in [-0.2, -0.15) is 0 Å². The number of halogens is 2. The second-order valence-electron chi connectivity index (χ2n) is 10.7. The third kappa shape index (κ3) is 10.5. The molecule has 0 aliphatic heterocycles. The minimum Gasteiger partial charge on any atom is -0.516 e. The fourth-order valence-electron chi connectivity index (χ4n) is 4.18. The number of allylic oxidation sites excluding steroid dienone is 2. The van der Waals surface area contributed by atoms with Crippen LogP contribution in [0.2, 0.25) is 0 Å². The van der Waals surface area contributed by atoms with Crippen LogP contribution in [0.25, 0.3) is 10.5 Å². The van der Waals surface area contributed by atoms with Gasteiger partial charge < -0.3 is 25.4 Å². The largest absolute Gasteiger partial charge is 0.516 e. The summed E-state index contributed by atoms with van der Waals surface area (Å²) < 4.78 is 34.1. The van der Waals surface area contributed by atoms with Crippen molar-refractivity contribution in [3.8, 4) is 5.75 Å². The summed E-state index contributed by atoms with van der Waals surface area (Å²) in [6, 6.07) is 19.7. The van der Waals surface area contributed by atoms with Crippen LogP contribution in [-0.4, -0.2) is 53.1 Å². The van der Waals surface area contributed by atoms with E-state index in [4.69, 9.17) is 14.8 Å². The molecule has 3 N–H and O–H groups in total. The van der Waals surface area contributed by atoms with Gasteiger partial charge in [0.1, 0.15) is 29.6 Å².